The highest BCUT2D eigenvalue weighted by atomic mass is 35.5. The molecular weight excluding hydrogens is 414 g/mol. The molecule has 11 heteroatoms. The van der Waals surface area contributed by atoms with E-state index in [-0.39, 0.29) is 22.2 Å². The maximum Gasteiger partial charge on any atom is 0.419 e. The predicted molar refractivity (Wildman–Crippen MR) is 99.8 cm³/mol. The Kier molecular flexibility index (Phi) is 5.56. The lowest BCUT2D eigenvalue weighted by molar-refractivity contribution is -0.137. The maximum atomic E-state index is 14.6. The molecule has 2 heterocycles. The van der Waals surface area contributed by atoms with E-state index in [0.29, 0.717) is 19.2 Å². The van der Waals surface area contributed by atoms with E-state index < -0.39 is 40.0 Å². The number of anilines is 1. The van der Waals surface area contributed by atoms with E-state index in [1.54, 1.807) is 0 Å². The summed E-state index contributed by atoms with van der Waals surface area (Å²) in [5.41, 5.74) is 3.31. The molecule has 0 bridgehead atoms. The van der Waals surface area contributed by atoms with Crippen molar-refractivity contribution in [1.29, 1.82) is 0 Å². The van der Waals surface area contributed by atoms with Gasteiger partial charge in [-0.15, -0.1) is 0 Å². The highest BCUT2D eigenvalue weighted by Gasteiger charge is 2.36. The number of hydrogen-bond donors (Lipinski definition) is 2. The van der Waals surface area contributed by atoms with Crippen LogP contribution in [-0.2, 0) is 6.18 Å². The van der Waals surface area contributed by atoms with Crippen LogP contribution in [0.15, 0.2) is 24.5 Å². The van der Waals surface area contributed by atoms with Gasteiger partial charge in [0.15, 0.2) is 5.69 Å². The molecular formula is C18H14ClF4N5O. The van der Waals surface area contributed by atoms with E-state index in [2.05, 4.69) is 20.3 Å². The Labute approximate surface area is 167 Å². The lowest BCUT2D eigenvalue weighted by Gasteiger charge is -2.15. The maximum absolute atomic E-state index is 14.6. The van der Waals surface area contributed by atoms with Crippen LogP contribution in [0.3, 0.4) is 0 Å². The van der Waals surface area contributed by atoms with Gasteiger partial charge in [-0.25, -0.2) is 19.3 Å². The summed E-state index contributed by atoms with van der Waals surface area (Å²) in [6.07, 6.45) is -2.61. The predicted octanol–water partition coefficient (Wildman–Crippen LogP) is 4.23. The Hall–Kier alpha value is -3.01. The van der Waals surface area contributed by atoms with E-state index in [4.69, 9.17) is 17.3 Å². The van der Waals surface area contributed by atoms with Gasteiger partial charge in [0.05, 0.1) is 11.4 Å². The molecule has 0 unspecified atom stereocenters. The fourth-order valence-corrected chi connectivity index (χ4v) is 2.92. The van der Waals surface area contributed by atoms with Crippen LogP contribution in [0.25, 0.3) is 22.0 Å². The zero-order valence-electron chi connectivity index (χ0n) is 14.9. The van der Waals surface area contributed by atoms with Crippen LogP contribution in [0.2, 0.25) is 5.28 Å². The highest BCUT2D eigenvalue weighted by molar-refractivity contribution is 6.28. The Balaban J connectivity index is 2.29. The summed E-state index contributed by atoms with van der Waals surface area (Å²) in [6, 6.07) is 2.20. The fraction of sp³-hybridized carbons (Fsp3) is 0.222. The SMILES string of the molecule is CCCNC(=O)c1ncc2c(-c3nc(Cl)ncc3C(F)(F)F)c(F)ccc2c1N. The molecule has 0 radical (unpaired) electrons. The summed E-state index contributed by atoms with van der Waals surface area (Å²) in [4.78, 5) is 23.1. The number of nitrogens with zero attached hydrogens (tertiary/aromatic N) is 3. The quantitative estimate of drug-likeness (QED) is 0.480. The average Bonchev–Trinajstić information content (AvgIpc) is 2.65. The molecule has 0 aliphatic heterocycles. The van der Waals surface area contributed by atoms with Crippen LogP contribution >= 0.6 is 11.6 Å². The summed E-state index contributed by atoms with van der Waals surface area (Å²) >= 11 is 5.66. The van der Waals surface area contributed by atoms with Crippen LogP contribution < -0.4 is 11.1 Å². The number of amides is 1. The lowest BCUT2D eigenvalue weighted by Crippen LogP contribution is -2.26. The average molecular weight is 428 g/mol. The number of rotatable bonds is 4. The number of nitrogens with one attached hydrogen (secondary N) is 1. The third kappa shape index (κ3) is 3.93. The Bertz CT molecular complexity index is 1100. The van der Waals surface area contributed by atoms with Crippen LogP contribution in [0, 0.1) is 5.82 Å². The molecule has 3 aromatic rings. The molecule has 1 amide bonds. The molecule has 3 rings (SSSR count). The number of aromatic nitrogens is 3. The van der Waals surface area contributed by atoms with Gasteiger partial charge in [-0.1, -0.05) is 6.92 Å². The van der Waals surface area contributed by atoms with Gasteiger partial charge in [-0.2, -0.15) is 13.2 Å². The highest BCUT2D eigenvalue weighted by Crippen LogP contribution is 2.40. The van der Waals surface area contributed by atoms with Gasteiger partial charge in [0, 0.05) is 35.3 Å². The van der Waals surface area contributed by atoms with E-state index in [1.165, 1.54) is 6.07 Å². The molecule has 0 aliphatic carbocycles. The van der Waals surface area contributed by atoms with Crippen molar-refractivity contribution in [2.45, 2.75) is 19.5 Å². The topological polar surface area (TPSA) is 93.8 Å². The number of nitrogens with two attached hydrogens (primary N) is 1. The van der Waals surface area contributed by atoms with E-state index in [0.717, 1.165) is 12.3 Å². The molecule has 2 aromatic heterocycles. The van der Waals surface area contributed by atoms with Crippen molar-refractivity contribution in [3.05, 3.63) is 46.9 Å². The summed E-state index contributed by atoms with van der Waals surface area (Å²) in [5, 5.41) is 2.23. The first-order valence-corrected chi connectivity index (χ1v) is 8.78. The summed E-state index contributed by atoms with van der Waals surface area (Å²) < 4.78 is 54.9. The number of hydrogen-bond acceptors (Lipinski definition) is 5. The second-order valence-electron chi connectivity index (χ2n) is 6.06. The lowest BCUT2D eigenvalue weighted by atomic mass is 9.98. The van der Waals surface area contributed by atoms with Crippen LogP contribution in [0.5, 0.6) is 0 Å². The Morgan fingerprint density at radius 1 is 1.21 bits per heavy atom. The third-order valence-electron chi connectivity index (χ3n) is 4.11. The van der Waals surface area contributed by atoms with Gasteiger partial charge in [0.1, 0.15) is 11.4 Å². The first-order chi connectivity index (χ1) is 13.6. The number of fused-ring (bicyclic) bond motifs is 1. The molecule has 0 fully saturated rings. The number of halogens is 5. The first kappa shape index (κ1) is 20.7. The summed E-state index contributed by atoms with van der Waals surface area (Å²) in [7, 11) is 0. The molecule has 0 atom stereocenters. The van der Waals surface area contributed by atoms with Crippen LogP contribution in [0.4, 0.5) is 23.2 Å². The van der Waals surface area contributed by atoms with Crippen molar-refractivity contribution in [2.24, 2.45) is 0 Å². The normalized spacial score (nSPS) is 11.7. The first-order valence-electron chi connectivity index (χ1n) is 8.40. The third-order valence-corrected chi connectivity index (χ3v) is 4.30. The van der Waals surface area contributed by atoms with Crippen molar-refractivity contribution in [1.82, 2.24) is 20.3 Å². The number of carbonyl (C=O) groups is 1. The van der Waals surface area contributed by atoms with Gasteiger partial charge in [-0.3, -0.25) is 4.79 Å². The molecule has 152 valence electrons. The Morgan fingerprint density at radius 3 is 2.59 bits per heavy atom. The van der Waals surface area contributed by atoms with Gasteiger partial charge < -0.3 is 11.1 Å². The minimum atomic E-state index is -4.85. The van der Waals surface area contributed by atoms with Gasteiger partial charge >= 0.3 is 6.18 Å². The standard InChI is InChI=1S/C18H14ClF4N5O/c1-2-5-25-16(29)15-13(24)8-3-4-11(20)12(9(8)6-26-15)14-10(18(21,22)23)7-27-17(19)28-14/h3-4,6-7H,2,5,24H2,1H3,(H,25,29). The monoisotopic (exact) mass is 427 g/mol. The molecule has 0 spiro atoms. The second-order valence-corrected chi connectivity index (χ2v) is 6.40. The number of carbonyl (C=O) groups excluding carboxylic acids is 1. The van der Waals surface area contributed by atoms with E-state index in [9.17, 15) is 22.4 Å². The summed E-state index contributed by atoms with van der Waals surface area (Å²) in [5.74, 6) is -1.53. The minimum Gasteiger partial charge on any atom is -0.396 e. The fourth-order valence-electron chi connectivity index (χ4n) is 2.79. The minimum absolute atomic E-state index is 0.0465. The zero-order chi connectivity index (χ0) is 21.3. The van der Waals surface area contributed by atoms with Crippen molar-refractivity contribution in [2.75, 3.05) is 12.3 Å². The van der Waals surface area contributed by atoms with E-state index >= 15 is 0 Å². The van der Waals surface area contributed by atoms with Crippen molar-refractivity contribution >= 4 is 34.0 Å². The van der Waals surface area contributed by atoms with Crippen LogP contribution in [-0.4, -0.2) is 27.4 Å². The van der Waals surface area contributed by atoms with Crippen LogP contribution in [0.1, 0.15) is 29.4 Å². The number of nitrogen functional groups attached to an aromatic ring is 1. The molecule has 0 saturated heterocycles. The van der Waals surface area contributed by atoms with Gasteiger partial charge in [0.2, 0.25) is 5.28 Å². The molecule has 29 heavy (non-hydrogen) atoms. The Morgan fingerprint density at radius 2 is 1.93 bits per heavy atom. The summed E-state index contributed by atoms with van der Waals surface area (Å²) in [6.45, 7) is 2.25. The molecule has 1 aromatic carbocycles. The zero-order valence-corrected chi connectivity index (χ0v) is 15.7. The smallest absolute Gasteiger partial charge is 0.396 e. The number of pyridine rings is 1. The van der Waals surface area contributed by atoms with Gasteiger partial charge in [-0.05, 0) is 30.2 Å². The van der Waals surface area contributed by atoms with Crippen molar-refractivity contribution in [3.8, 4) is 11.3 Å². The van der Waals surface area contributed by atoms with Gasteiger partial charge in [0.25, 0.3) is 5.91 Å². The van der Waals surface area contributed by atoms with E-state index in [1.807, 2.05) is 6.92 Å². The molecule has 0 saturated carbocycles. The molecule has 6 nitrogen and oxygen atoms in total. The van der Waals surface area contributed by atoms with Crippen molar-refractivity contribution in [3.63, 3.8) is 0 Å². The second kappa shape index (κ2) is 7.78. The number of benzene rings is 1. The largest absolute Gasteiger partial charge is 0.419 e. The van der Waals surface area contributed by atoms with Crippen molar-refractivity contribution < 1.29 is 22.4 Å². The molecule has 0 aliphatic rings. The number of alkyl halides is 3. The molecule has 3 N–H and O–H groups in total.